The van der Waals surface area contributed by atoms with Crippen LogP contribution in [-0.4, -0.2) is 44.8 Å². The third-order valence-electron chi connectivity index (χ3n) is 3.89. The summed E-state index contributed by atoms with van der Waals surface area (Å²) in [5.41, 5.74) is 1.78. The monoisotopic (exact) mass is 338 g/mol. The molecule has 7 heteroatoms. The van der Waals surface area contributed by atoms with Gasteiger partial charge in [0.25, 0.3) is 0 Å². The van der Waals surface area contributed by atoms with Gasteiger partial charge in [-0.2, -0.15) is 0 Å². The van der Waals surface area contributed by atoms with Gasteiger partial charge in [-0.3, -0.25) is 4.79 Å². The molecule has 1 aromatic carbocycles. The Bertz CT molecular complexity index is 656. The van der Waals surface area contributed by atoms with Crippen molar-refractivity contribution in [3.05, 3.63) is 35.5 Å². The summed E-state index contributed by atoms with van der Waals surface area (Å²) >= 11 is 11.5. The van der Waals surface area contributed by atoms with Gasteiger partial charge in [-0.1, -0.05) is 28.9 Å². The lowest BCUT2D eigenvalue weighted by molar-refractivity contribution is -0.130. The van der Waals surface area contributed by atoms with Crippen LogP contribution in [0, 0.1) is 0 Å². The van der Waals surface area contributed by atoms with E-state index in [1.807, 2.05) is 35.1 Å². The summed E-state index contributed by atoms with van der Waals surface area (Å²) in [4.78, 5) is 13.5. The Kier molecular flexibility index (Phi) is 4.64. The van der Waals surface area contributed by atoms with Crippen molar-refractivity contribution in [2.75, 3.05) is 19.0 Å². The fourth-order valence-electron chi connectivity index (χ4n) is 2.69. The molecule has 1 atom stereocenters. The number of benzene rings is 1. The first kappa shape index (κ1) is 15.3. The first-order valence-corrected chi connectivity index (χ1v) is 8.10. The molecular formula is C15H16Cl2N4O. The lowest BCUT2D eigenvalue weighted by Gasteiger charge is -2.32. The second-order valence-electron chi connectivity index (χ2n) is 5.36. The highest BCUT2D eigenvalue weighted by Crippen LogP contribution is 2.24. The minimum absolute atomic E-state index is 0.0237. The van der Waals surface area contributed by atoms with Crippen molar-refractivity contribution in [2.24, 2.45) is 0 Å². The molecule has 1 aliphatic heterocycles. The fraction of sp³-hybridized carbons (Fsp3) is 0.400. The van der Waals surface area contributed by atoms with Crippen LogP contribution in [0.25, 0.3) is 11.3 Å². The number of amides is 1. The third kappa shape index (κ3) is 3.25. The van der Waals surface area contributed by atoms with Crippen LogP contribution in [0.4, 0.5) is 0 Å². The number of carbonyl (C=O) groups is 1. The van der Waals surface area contributed by atoms with Crippen LogP contribution in [0.3, 0.4) is 0 Å². The number of piperidine rings is 1. The Morgan fingerprint density at radius 2 is 2.09 bits per heavy atom. The van der Waals surface area contributed by atoms with Crippen molar-refractivity contribution in [1.29, 1.82) is 0 Å². The van der Waals surface area contributed by atoms with Crippen molar-refractivity contribution >= 4 is 29.1 Å². The number of carbonyl (C=O) groups excluding carboxylic acids is 1. The highest BCUT2D eigenvalue weighted by atomic mass is 35.5. The van der Waals surface area contributed by atoms with E-state index in [9.17, 15) is 4.79 Å². The second-order valence-corrected chi connectivity index (χ2v) is 6.06. The summed E-state index contributed by atoms with van der Waals surface area (Å²) in [5.74, 6) is 0.00418. The zero-order chi connectivity index (χ0) is 15.5. The number of nitrogens with zero attached hydrogens (tertiary/aromatic N) is 4. The van der Waals surface area contributed by atoms with E-state index < -0.39 is 0 Å². The number of hydrogen-bond donors (Lipinski definition) is 0. The smallest absolute Gasteiger partial charge is 0.237 e. The molecule has 1 aromatic heterocycles. The zero-order valence-electron chi connectivity index (χ0n) is 12.0. The van der Waals surface area contributed by atoms with Crippen LogP contribution in [0.15, 0.2) is 30.5 Å². The van der Waals surface area contributed by atoms with Crippen LogP contribution in [-0.2, 0) is 4.79 Å². The molecule has 1 unspecified atom stereocenters. The van der Waals surface area contributed by atoms with Gasteiger partial charge in [0.2, 0.25) is 5.91 Å². The van der Waals surface area contributed by atoms with Crippen LogP contribution in [0.5, 0.6) is 0 Å². The van der Waals surface area contributed by atoms with E-state index in [-0.39, 0.29) is 17.8 Å². The number of alkyl halides is 1. The van der Waals surface area contributed by atoms with Crippen LogP contribution < -0.4 is 0 Å². The molecule has 2 heterocycles. The van der Waals surface area contributed by atoms with E-state index >= 15 is 0 Å². The van der Waals surface area contributed by atoms with Gasteiger partial charge in [0.1, 0.15) is 11.6 Å². The highest BCUT2D eigenvalue weighted by Gasteiger charge is 2.25. The predicted molar refractivity (Wildman–Crippen MR) is 86.0 cm³/mol. The zero-order valence-corrected chi connectivity index (χ0v) is 13.5. The molecule has 0 saturated carbocycles. The largest absolute Gasteiger partial charge is 0.340 e. The minimum atomic E-state index is -0.0237. The maximum atomic E-state index is 11.7. The van der Waals surface area contributed by atoms with Gasteiger partial charge in [-0.05, 0) is 25.0 Å². The van der Waals surface area contributed by atoms with Gasteiger partial charge in [-0.15, -0.1) is 16.7 Å². The summed E-state index contributed by atoms with van der Waals surface area (Å²) in [7, 11) is 0. The van der Waals surface area contributed by atoms with Crippen molar-refractivity contribution in [1.82, 2.24) is 19.9 Å². The Hall–Kier alpha value is -1.59. The molecular weight excluding hydrogens is 323 g/mol. The summed E-state index contributed by atoms with van der Waals surface area (Å²) < 4.78 is 1.84. The number of likely N-dealkylation sites (tertiary alicyclic amines) is 1. The molecule has 1 amide bonds. The van der Waals surface area contributed by atoms with Crippen molar-refractivity contribution in [3.8, 4) is 11.3 Å². The number of halogens is 2. The number of hydrogen-bond acceptors (Lipinski definition) is 3. The van der Waals surface area contributed by atoms with Gasteiger partial charge in [-0.25, -0.2) is 4.68 Å². The maximum Gasteiger partial charge on any atom is 0.237 e. The predicted octanol–water partition coefficient (Wildman–Crippen LogP) is 3.00. The first-order chi connectivity index (χ1) is 10.7. The van der Waals surface area contributed by atoms with Crippen LogP contribution in [0.2, 0.25) is 5.02 Å². The fourth-order valence-corrected chi connectivity index (χ4v) is 2.98. The van der Waals surface area contributed by atoms with Gasteiger partial charge in [0.05, 0.1) is 12.2 Å². The first-order valence-electron chi connectivity index (χ1n) is 7.19. The molecule has 1 fully saturated rings. The van der Waals surface area contributed by atoms with Gasteiger partial charge < -0.3 is 4.90 Å². The Morgan fingerprint density at radius 3 is 2.82 bits per heavy atom. The summed E-state index contributed by atoms with van der Waals surface area (Å²) in [6.07, 6.45) is 3.85. The second kappa shape index (κ2) is 6.67. The molecule has 1 aliphatic rings. The van der Waals surface area contributed by atoms with Crippen LogP contribution >= 0.6 is 23.2 Å². The molecule has 5 nitrogen and oxygen atoms in total. The minimum Gasteiger partial charge on any atom is -0.340 e. The Balaban J connectivity index is 1.75. The molecule has 0 bridgehead atoms. The normalized spacial score (nSPS) is 18.5. The van der Waals surface area contributed by atoms with E-state index in [0.29, 0.717) is 11.6 Å². The topological polar surface area (TPSA) is 51.0 Å². The third-order valence-corrected chi connectivity index (χ3v) is 4.37. The molecule has 22 heavy (non-hydrogen) atoms. The Labute approximate surface area is 138 Å². The quantitative estimate of drug-likeness (QED) is 0.808. The van der Waals surface area contributed by atoms with E-state index in [0.717, 1.165) is 30.6 Å². The highest BCUT2D eigenvalue weighted by molar-refractivity contribution is 6.30. The Morgan fingerprint density at radius 1 is 1.32 bits per heavy atom. The van der Waals surface area contributed by atoms with Crippen LogP contribution in [0.1, 0.15) is 18.9 Å². The molecule has 3 rings (SSSR count). The lowest BCUT2D eigenvalue weighted by Crippen LogP contribution is -2.41. The average Bonchev–Trinajstić information content (AvgIpc) is 3.05. The molecule has 1 saturated heterocycles. The molecule has 0 aliphatic carbocycles. The molecule has 116 valence electrons. The summed E-state index contributed by atoms with van der Waals surface area (Å²) in [6, 6.07) is 7.64. The summed E-state index contributed by atoms with van der Waals surface area (Å²) in [5, 5.41) is 9.14. The molecule has 0 radical (unpaired) electrons. The van der Waals surface area contributed by atoms with Gasteiger partial charge in [0.15, 0.2) is 0 Å². The SMILES string of the molecule is O=C(CCl)N1CCCC(n2cc(-c3ccc(Cl)cc3)nn2)C1. The lowest BCUT2D eigenvalue weighted by atomic mass is 10.1. The van der Waals surface area contributed by atoms with Gasteiger partial charge >= 0.3 is 0 Å². The van der Waals surface area contributed by atoms with E-state index in [1.165, 1.54) is 0 Å². The van der Waals surface area contributed by atoms with E-state index in [2.05, 4.69) is 10.3 Å². The van der Waals surface area contributed by atoms with Gasteiger partial charge in [0, 0.05) is 23.7 Å². The molecule has 2 aromatic rings. The van der Waals surface area contributed by atoms with E-state index in [4.69, 9.17) is 23.2 Å². The summed E-state index contributed by atoms with van der Waals surface area (Å²) in [6.45, 7) is 1.40. The maximum absolute atomic E-state index is 11.7. The number of aromatic nitrogens is 3. The van der Waals surface area contributed by atoms with Crippen molar-refractivity contribution < 1.29 is 4.79 Å². The number of rotatable bonds is 3. The molecule has 0 N–H and O–H groups in total. The van der Waals surface area contributed by atoms with Crippen molar-refractivity contribution in [2.45, 2.75) is 18.9 Å². The molecule has 0 spiro atoms. The van der Waals surface area contributed by atoms with E-state index in [1.54, 1.807) is 4.90 Å². The van der Waals surface area contributed by atoms with Crippen molar-refractivity contribution in [3.63, 3.8) is 0 Å². The average molecular weight is 339 g/mol. The standard InChI is InChI=1S/C15H16Cl2N4O/c16-8-15(22)20-7-1-2-13(9-20)21-10-14(18-19-21)11-3-5-12(17)6-4-11/h3-6,10,13H,1-2,7-9H2.